The number of nitrogen functional groups attached to an aromatic ring is 1. The second-order valence-electron chi connectivity index (χ2n) is 1.71. The molecule has 0 bridgehead atoms. The van der Waals surface area contributed by atoms with Gasteiger partial charge in [0, 0.05) is 12.6 Å². The summed E-state index contributed by atoms with van der Waals surface area (Å²) in [5.74, 6) is 0.559. The van der Waals surface area contributed by atoms with Crippen LogP contribution in [0.3, 0.4) is 0 Å². The van der Waals surface area contributed by atoms with Gasteiger partial charge >= 0.3 is 0 Å². The highest BCUT2D eigenvalue weighted by Crippen LogP contribution is 2.12. The molecule has 9 heavy (non-hydrogen) atoms. The summed E-state index contributed by atoms with van der Waals surface area (Å²) in [6, 6.07) is 1.78. The van der Waals surface area contributed by atoms with Crippen LogP contribution in [0.15, 0.2) is 10.7 Å². The minimum absolute atomic E-state index is 0.559. The zero-order chi connectivity index (χ0) is 6.85. The average molecular weight is 190 g/mol. The highest BCUT2D eigenvalue weighted by molar-refractivity contribution is 9.10. The number of nitrogens with two attached hydrogens (primary N) is 1. The molecule has 50 valence electrons. The molecule has 0 spiro atoms. The Hall–Kier alpha value is -0.510. The van der Waals surface area contributed by atoms with Crippen molar-refractivity contribution in [3.63, 3.8) is 0 Å². The van der Waals surface area contributed by atoms with Crippen molar-refractivity contribution < 1.29 is 0 Å². The van der Waals surface area contributed by atoms with Gasteiger partial charge in [0.15, 0.2) is 0 Å². The normalized spacial score (nSPS) is 10.0. The molecule has 0 aromatic carbocycles. The second kappa shape index (κ2) is 2.39. The number of nitrogens with zero attached hydrogens (tertiary/aromatic N) is 2. The van der Waals surface area contributed by atoms with Crippen LogP contribution in [0.25, 0.3) is 0 Å². The van der Waals surface area contributed by atoms with E-state index in [2.05, 4.69) is 21.0 Å². The second-order valence-corrected chi connectivity index (χ2v) is 2.52. The first kappa shape index (κ1) is 6.61. The lowest BCUT2D eigenvalue weighted by Crippen LogP contribution is -1.96. The summed E-state index contributed by atoms with van der Waals surface area (Å²) >= 11 is 3.30. The molecule has 2 N–H and O–H groups in total. The fraction of sp³-hybridized carbons (Fsp3) is 0.400. The molecule has 0 radical (unpaired) electrons. The zero-order valence-electron chi connectivity index (χ0n) is 5.13. The van der Waals surface area contributed by atoms with E-state index in [1.54, 1.807) is 10.7 Å². The Bertz CT molecular complexity index is 206. The van der Waals surface area contributed by atoms with Crippen LogP contribution in [0, 0.1) is 0 Å². The van der Waals surface area contributed by atoms with E-state index in [0.29, 0.717) is 5.82 Å². The number of hydrogen-bond acceptors (Lipinski definition) is 2. The molecule has 0 atom stereocenters. The summed E-state index contributed by atoms with van der Waals surface area (Å²) in [6.07, 6.45) is 0. The number of hydrogen-bond donors (Lipinski definition) is 1. The van der Waals surface area contributed by atoms with Crippen LogP contribution in [0.1, 0.15) is 6.92 Å². The zero-order valence-corrected chi connectivity index (χ0v) is 6.72. The molecule has 1 rings (SSSR count). The van der Waals surface area contributed by atoms with Crippen LogP contribution in [0.2, 0.25) is 0 Å². The summed E-state index contributed by atoms with van der Waals surface area (Å²) in [5.41, 5.74) is 5.39. The third-order valence-electron chi connectivity index (χ3n) is 1.05. The van der Waals surface area contributed by atoms with E-state index in [1.165, 1.54) is 0 Å². The first-order valence-electron chi connectivity index (χ1n) is 2.73. The minimum Gasteiger partial charge on any atom is -0.382 e. The number of rotatable bonds is 1. The van der Waals surface area contributed by atoms with Gasteiger partial charge in [-0.3, -0.25) is 4.68 Å². The predicted octanol–water partition coefficient (Wildman–Crippen LogP) is 1.25. The molecule has 0 amide bonds. The first-order valence-corrected chi connectivity index (χ1v) is 3.52. The van der Waals surface area contributed by atoms with E-state index in [-0.39, 0.29) is 0 Å². The monoisotopic (exact) mass is 189 g/mol. The largest absolute Gasteiger partial charge is 0.382 e. The van der Waals surface area contributed by atoms with Crippen molar-refractivity contribution in [2.45, 2.75) is 13.5 Å². The molecule has 3 nitrogen and oxygen atoms in total. The Labute approximate surface area is 62.0 Å². The molecular weight excluding hydrogens is 182 g/mol. The number of anilines is 1. The number of halogens is 1. The molecule has 0 fully saturated rings. The fourth-order valence-electron chi connectivity index (χ4n) is 0.634. The van der Waals surface area contributed by atoms with Gasteiger partial charge in [-0.05, 0) is 22.9 Å². The van der Waals surface area contributed by atoms with Gasteiger partial charge in [-0.25, -0.2) is 0 Å². The summed E-state index contributed by atoms with van der Waals surface area (Å²) in [7, 11) is 0. The minimum atomic E-state index is 0.559. The van der Waals surface area contributed by atoms with E-state index in [9.17, 15) is 0 Å². The summed E-state index contributed by atoms with van der Waals surface area (Å²) in [5, 5.41) is 3.98. The Morgan fingerprint density at radius 1 is 1.89 bits per heavy atom. The fourth-order valence-corrected chi connectivity index (χ4v) is 1.20. The topological polar surface area (TPSA) is 43.8 Å². The van der Waals surface area contributed by atoms with Crippen molar-refractivity contribution in [1.82, 2.24) is 9.78 Å². The Morgan fingerprint density at radius 2 is 2.56 bits per heavy atom. The molecule has 1 aromatic rings. The van der Waals surface area contributed by atoms with Crippen molar-refractivity contribution in [1.29, 1.82) is 0 Å². The lowest BCUT2D eigenvalue weighted by molar-refractivity contribution is 0.648. The summed E-state index contributed by atoms with van der Waals surface area (Å²) in [4.78, 5) is 0. The first-order chi connectivity index (χ1) is 4.24. The summed E-state index contributed by atoms with van der Waals surface area (Å²) < 4.78 is 2.72. The van der Waals surface area contributed by atoms with Crippen LogP contribution in [-0.4, -0.2) is 9.78 Å². The molecule has 0 aliphatic carbocycles. The van der Waals surface area contributed by atoms with Crippen molar-refractivity contribution in [3.05, 3.63) is 10.7 Å². The lowest BCUT2D eigenvalue weighted by Gasteiger charge is -1.93. The van der Waals surface area contributed by atoms with Gasteiger partial charge < -0.3 is 5.73 Å². The van der Waals surface area contributed by atoms with Crippen molar-refractivity contribution in [3.8, 4) is 0 Å². The molecular formula is C5H8BrN3. The third kappa shape index (κ3) is 1.24. The van der Waals surface area contributed by atoms with Gasteiger partial charge in [-0.15, -0.1) is 0 Å². The quantitative estimate of drug-likeness (QED) is 0.724. The number of aryl methyl sites for hydroxylation is 1. The van der Waals surface area contributed by atoms with Crippen LogP contribution in [0.5, 0.6) is 0 Å². The van der Waals surface area contributed by atoms with Crippen LogP contribution < -0.4 is 5.73 Å². The van der Waals surface area contributed by atoms with Gasteiger partial charge in [-0.2, -0.15) is 5.10 Å². The van der Waals surface area contributed by atoms with Crippen molar-refractivity contribution in [2.75, 3.05) is 5.73 Å². The molecule has 0 aliphatic heterocycles. The van der Waals surface area contributed by atoms with E-state index in [1.807, 2.05) is 6.92 Å². The predicted molar refractivity (Wildman–Crippen MR) is 40.0 cm³/mol. The van der Waals surface area contributed by atoms with Gasteiger partial charge in [0.1, 0.15) is 10.4 Å². The Morgan fingerprint density at radius 3 is 2.78 bits per heavy atom. The summed E-state index contributed by atoms with van der Waals surface area (Å²) in [6.45, 7) is 2.86. The molecule has 0 aliphatic rings. The highest BCUT2D eigenvalue weighted by Gasteiger charge is 1.97. The standard InChI is InChI=1S/C5H8BrN3/c1-2-9-4(6)3-5(7)8-9/h3H,2H2,1H3,(H2,7,8). The number of aromatic nitrogens is 2. The highest BCUT2D eigenvalue weighted by atomic mass is 79.9. The maximum Gasteiger partial charge on any atom is 0.146 e. The SMILES string of the molecule is CCn1nc(N)cc1Br. The molecule has 0 saturated carbocycles. The van der Waals surface area contributed by atoms with E-state index < -0.39 is 0 Å². The van der Waals surface area contributed by atoms with E-state index in [4.69, 9.17) is 5.73 Å². The molecule has 0 unspecified atom stereocenters. The van der Waals surface area contributed by atoms with Gasteiger partial charge in [-0.1, -0.05) is 0 Å². The maximum atomic E-state index is 5.39. The third-order valence-corrected chi connectivity index (χ3v) is 1.69. The molecule has 1 aromatic heterocycles. The van der Waals surface area contributed by atoms with Gasteiger partial charge in [0.2, 0.25) is 0 Å². The lowest BCUT2D eigenvalue weighted by atomic mass is 10.7. The molecule has 1 heterocycles. The Balaban J connectivity index is 3.01. The Kier molecular flexibility index (Phi) is 1.75. The molecule has 0 saturated heterocycles. The van der Waals surface area contributed by atoms with Crippen LogP contribution in [0.4, 0.5) is 5.82 Å². The van der Waals surface area contributed by atoms with Crippen molar-refractivity contribution in [2.24, 2.45) is 0 Å². The van der Waals surface area contributed by atoms with Gasteiger partial charge in [0.25, 0.3) is 0 Å². The average Bonchev–Trinajstić information content (AvgIpc) is 2.10. The van der Waals surface area contributed by atoms with E-state index >= 15 is 0 Å². The van der Waals surface area contributed by atoms with Gasteiger partial charge in [0.05, 0.1) is 0 Å². The van der Waals surface area contributed by atoms with Crippen molar-refractivity contribution >= 4 is 21.7 Å². The van der Waals surface area contributed by atoms with E-state index in [0.717, 1.165) is 11.1 Å². The maximum absolute atomic E-state index is 5.39. The van der Waals surface area contributed by atoms with Crippen LogP contribution in [-0.2, 0) is 6.54 Å². The molecule has 4 heteroatoms. The van der Waals surface area contributed by atoms with Crippen LogP contribution >= 0.6 is 15.9 Å². The smallest absolute Gasteiger partial charge is 0.146 e.